The first-order chi connectivity index (χ1) is 12.4. The van der Waals surface area contributed by atoms with Gasteiger partial charge in [0.15, 0.2) is 8.32 Å². The van der Waals surface area contributed by atoms with Crippen molar-refractivity contribution in [2.24, 2.45) is 0 Å². The molecule has 0 fully saturated rings. The molecule has 14 heteroatoms. The maximum Gasteiger partial charge on any atom is 0.327 e. The number of hydrogen-bond donors (Lipinski definition) is 2. The van der Waals surface area contributed by atoms with E-state index >= 15 is 0 Å². The van der Waals surface area contributed by atoms with Gasteiger partial charge in [0.1, 0.15) is 24.7 Å². The lowest BCUT2D eigenvalue weighted by Crippen LogP contribution is -2.17. The molecule has 0 saturated carbocycles. The molecule has 13 nitrogen and oxygen atoms in total. The monoisotopic (exact) mass is 402 g/mol. The summed E-state index contributed by atoms with van der Waals surface area (Å²) in [5.74, 6) is -0.172. The average molecular weight is 402 g/mol. The van der Waals surface area contributed by atoms with E-state index in [4.69, 9.17) is 14.6 Å². The van der Waals surface area contributed by atoms with E-state index in [1.165, 1.54) is 9.36 Å². The molecule has 0 atom stereocenters. The summed E-state index contributed by atoms with van der Waals surface area (Å²) in [4.78, 5) is 29.7. The zero-order chi connectivity index (χ0) is 21.0. The standard InChI is InChI=1S/C6H10N4O2.C4H6N4O2.C3H10OSi/c1-3-12-6(11)4-10-5(2)7-8-9-10;1-3-5-6-7-8(3)2-4(9)10;1-5(2,3)4/h3-4H2,1-2H3;2H2,1H3,(H,9,10);4H,1-3H3. The molecule has 0 unspecified atom stereocenters. The fourth-order valence-corrected chi connectivity index (χ4v) is 1.25. The van der Waals surface area contributed by atoms with Crippen LogP contribution in [-0.4, -0.2) is 77.2 Å². The van der Waals surface area contributed by atoms with Crippen molar-refractivity contribution in [3.8, 4) is 0 Å². The van der Waals surface area contributed by atoms with E-state index in [0.29, 0.717) is 18.3 Å². The van der Waals surface area contributed by atoms with Crippen molar-refractivity contribution >= 4 is 20.3 Å². The minimum atomic E-state index is -1.61. The van der Waals surface area contributed by atoms with Crippen molar-refractivity contribution in [2.75, 3.05) is 6.61 Å². The number of hydrogen-bond acceptors (Lipinski definition) is 10. The number of nitrogens with zero attached hydrogens (tertiary/aromatic N) is 8. The second-order valence-corrected chi connectivity index (χ2v) is 10.5. The molecule has 2 rings (SSSR count). The molecule has 0 amide bonds. The number of aromatic nitrogens is 8. The van der Waals surface area contributed by atoms with Crippen LogP contribution in [0.5, 0.6) is 0 Å². The van der Waals surface area contributed by atoms with Crippen molar-refractivity contribution in [2.45, 2.75) is 53.5 Å². The zero-order valence-corrected chi connectivity index (χ0v) is 17.3. The average Bonchev–Trinajstić information content (AvgIpc) is 3.07. The van der Waals surface area contributed by atoms with Crippen LogP contribution in [-0.2, 0) is 27.4 Å². The summed E-state index contributed by atoms with van der Waals surface area (Å²) in [5.41, 5.74) is 0. The third kappa shape index (κ3) is 13.2. The summed E-state index contributed by atoms with van der Waals surface area (Å²) < 4.78 is 7.31. The van der Waals surface area contributed by atoms with Crippen molar-refractivity contribution < 1.29 is 24.2 Å². The Kier molecular flexibility index (Phi) is 10.6. The van der Waals surface area contributed by atoms with E-state index in [1.807, 2.05) is 19.6 Å². The molecule has 2 aromatic rings. The largest absolute Gasteiger partial charge is 0.480 e. The Balaban J connectivity index is 0.000000408. The van der Waals surface area contributed by atoms with Gasteiger partial charge in [-0.1, -0.05) is 0 Å². The second-order valence-electron chi connectivity index (χ2n) is 6.14. The summed E-state index contributed by atoms with van der Waals surface area (Å²) in [6, 6.07) is 0. The number of carbonyl (C=O) groups excluding carboxylic acids is 1. The molecule has 2 heterocycles. The van der Waals surface area contributed by atoms with E-state index in [-0.39, 0.29) is 19.1 Å². The van der Waals surface area contributed by atoms with Gasteiger partial charge in [0.05, 0.1) is 6.61 Å². The molecule has 0 aliphatic carbocycles. The van der Waals surface area contributed by atoms with Gasteiger partial charge < -0.3 is 14.6 Å². The molecular weight excluding hydrogens is 376 g/mol. The lowest BCUT2D eigenvalue weighted by atomic mass is 10.6. The SMILES string of the molecule is CCOC(=O)Cn1nnnc1C.C[Si](C)(C)O.Cc1nnnn1CC(=O)O. The Morgan fingerprint density at radius 3 is 1.70 bits per heavy atom. The number of ether oxygens (including phenoxy) is 1. The molecule has 0 bridgehead atoms. The van der Waals surface area contributed by atoms with E-state index in [9.17, 15) is 9.59 Å². The number of esters is 1. The molecule has 0 radical (unpaired) electrons. The molecule has 0 aliphatic rings. The van der Waals surface area contributed by atoms with Crippen LogP contribution in [0.4, 0.5) is 0 Å². The fourth-order valence-electron chi connectivity index (χ4n) is 1.25. The van der Waals surface area contributed by atoms with Crippen LogP contribution in [0.1, 0.15) is 18.6 Å². The Labute approximate surface area is 157 Å². The highest BCUT2D eigenvalue weighted by molar-refractivity contribution is 6.68. The Morgan fingerprint density at radius 1 is 1.00 bits per heavy atom. The summed E-state index contributed by atoms with van der Waals surface area (Å²) in [5, 5.41) is 29.1. The van der Waals surface area contributed by atoms with Gasteiger partial charge in [0.2, 0.25) is 0 Å². The third-order valence-corrected chi connectivity index (χ3v) is 2.29. The van der Waals surface area contributed by atoms with Crippen LogP contribution in [0.3, 0.4) is 0 Å². The molecule has 152 valence electrons. The number of aryl methyl sites for hydroxylation is 2. The maximum absolute atomic E-state index is 10.9. The first-order valence-corrected chi connectivity index (χ1v) is 11.4. The zero-order valence-electron chi connectivity index (χ0n) is 16.3. The predicted octanol–water partition coefficient (Wildman–Crippen LogP) is -0.576. The highest BCUT2D eigenvalue weighted by atomic mass is 28.4. The van der Waals surface area contributed by atoms with Crippen LogP contribution >= 0.6 is 0 Å². The lowest BCUT2D eigenvalue weighted by Gasteiger charge is -2.00. The minimum Gasteiger partial charge on any atom is -0.480 e. The maximum atomic E-state index is 10.9. The predicted molar refractivity (Wildman–Crippen MR) is 94.9 cm³/mol. The third-order valence-electron chi connectivity index (χ3n) is 2.29. The lowest BCUT2D eigenvalue weighted by molar-refractivity contribution is -0.144. The van der Waals surface area contributed by atoms with E-state index in [2.05, 4.69) is 31.1 Å². The smallest absolute Gasteiger partial charge is 0.327 e. The van der Waals surface area contributed by atoms with Crippen LogP contribution in [0, 0.1) is 13.8 Å². The van der Waals surface area contributed by atoms with E-state index in [1.54, 1.807) is 20.8 Å². The molecule has 0 aromatic carbocycles. The highest BCUT2D eigenvalue weighted by Gasteiger charge is 2.06. The number of rotatable bonds is 5. The first-order valence-electron chi connectivity index (χ1n) is 7.99. The van der Waals surface area contributed by atoms with Crippen molar-refractivity contribution in [1.82, 2.24) is 40.4 Å². The number of aliphatic carboxylic acids is 1. The van der Waals surface area contributed by atoms with Gasteiger partial charge in [0, 0.05) is 0 Å². The topological polar surface area (TPSA) is 171 Å². The van der Waals surface area contributed by atoms with Gasteiger partial charge in [-0.15, -0.1) is 10.2 Å². The van der Waals surface area contributed by atoms with Crippen molar-refractivity contribution in [3.05, 3.63) is 11.6 Å². The molecule has 2 N–H and O–H groups in total. The summed E-state index contributed by atoms with van der Waals surface area (Å²) in [7, 11) is -1.61. The quantitative estimate of drug-likeness (QED) is 0.484. The van der Waals surface area contributed by atoms with Crippen LogP contribution in [0.15, 0.2) is 0 Å². The Bertz CT molecular complexity index is 706. The summed E-state index contributed by atoms with van der Waals surface area (Å²) in [6.45, 7) is 11.0. The normalized spacial score (nSPS) is 10.2. The number of carbonyl (C=O) groups is 2. The molecule has 0 aliphatic heterocycles. The Hall–Kier alpha value is -2.74. The minimum absolute atomic E-state index is 0.0761. The summed E-state index contributed by atoms with van der Waals surface area (Å²) >= 11 is 0. The van der Waals surface area contributed by atoms with Crippen molar-refractivity contribution in [3.63, 3.8) is 0 Å². The van der Waals surface area contributed by atoms with Gasteiger partial charge in [0.25, 0.3) is 0 Å². The fraction of sp³-hybridized carbons (Fsp3) is 0.692. The first kappa shape index (κ1) is 24.3. The van der Waals surface area contributed by atoms with Gasteiger partial charge in [-0.25, -0.2) is 9.36 Å². The Morgan fingerprint density at radius 2 is 1.41 bits per heavy atom. The number of tetrazole rings is 2. The molecule has 27 heavy (non-hydrogen) atoms. The molecule has 0 spiro atoms. The van der Waals surface area contributed by atoms with Crippen LogP contribution in [0.25, 0.3) is 0 Å². The molecule has 0 saturated heterocycles. The van der Waals surface area contributed by atoms with Gasteiger partial charge in [-0.3, -0.25) is 9.59 Å². The highest BCUT2D eigenvalue weighted by Crippen LogP contribution is 1.90. The van der Waals surface area contributed by atoms with Crippen molar-refractivity contribution in [1.29, 1.82) is 0 Å². The van der Waals surface area contributed by atoms with E-state index in [0.717, 1.165) is 0 Å². The van der Waals surface area contributed by atoms with Crippen LogP contribution < -0.4 is 0 Å². The second kappa shape index (κ2) is 11.8. The number of carboxylic acids is 1. The van der Waals surface area contributed by atoms with Gasteiger partial charge >= 0.3 is 11.9 Å². The summed E-state index contributed by atoms with van der Waals surface area (Å²) in [6.07, 6.45) is 0. The van der Waals surface area contributed by atoms with Gasteiger partial charge in [-0.05, 0) is 61.3 Å². The molecule has 2 aromatic heterocycles. The molecular formula is C13H26N8O5Si. The van der Waals surface area contributed by atoms with Crippen LogP contribution in [0.2, 0.25) is 19.6 Å². The number of carboxylic acid groups (broad SMARTS) is 1. The van der Waals surface area contributed by atoms with Gasteiger partial charge in [-0.2, -0.15) is 0 Å². The van der Waals surface area contributed by atoms with E-state index < -0.39 is 14.3 Å².